The molecule has 27 heavy (non-hydrogen) atoms. The molecule has 0 spiro atoms. The minimum atomic E-state index is -3.34. The fourth-order valence-corrected chi connectivity index (χ4v) is 5.45. The Kier molecular flexibility index (Phi) is 6.24. The lowest BCUT2D eigenvalue weighted by Crippen LogP contribution is -2.51. The zero-order valence-corrected chi connectivity index (χ0v) is 16.6. The monoisotopic (exact) mass is 392 g/mol. The molecular formula is C21H28O5S. The second-order valence-corrected chi connectivity index (χ2v) is 9.68. The summed E-state index contributed by atoms with van der Waals surface area (Å²) in [6.45, 7) is 5.52. The number of sulfone groups is 1. The molecular weight excluding hydrogens is 364 g/mol. The van der Waals surface area contributed by atoms with Crippen molar-refractivity contribution in [3.8, 4) is 0 Å². The molecule has 2 fully saturated rings. The van der Waals surface area contributed by atoms with Crippen molar-refractivity contribution in [2.45, 2.75) is 67.8 Å². The van der Waals surface area contributed by atoms with Crippen LogP contribution in [0, 0.1) is 0 Å². The Balaban J connectivity index is 1.63. The lowest BCUT2D eigenvalue weighted by atomic mass is 9.86. The van der Waals surface area contributed by atoms with E-state index >= 15 is 0 Å². The van der Waals surface area contributed by atoms with E-state index in [0.29, 0.717) is 17.7 Å². The van der Waals surface area contributed by atoms with E-state index in [2.05, 4.69) is 12.3 Å². The summed E-state index contributed by atoms with van der Waals surface area (Å²) in [4.78, 5) is 0.334. The predicted molar refractivity (Wildman–Crippen MR) is 103 cm³/mol. The van der Waals surface area contributed by atoms with E-state index in [1.165, 1.54) is 0 Å². The smallest absolute Gasteiger partial charge is 0.178 e. The molecule has 5 nitrogen and oxygen atoms in total. The Morgan fingerprint density at radius 3 is 2.70 bits per heavy atom. The van der Waals surface area contributed by atoms with Crippen LogP contribution in [0.25, 0.3) is 0 Å². The second kappa shape index (κ2) is 8.29. The summed E-state index contributed by atoms with van der Waals surface area (Å²) in [5.41, 5.74) is 3.20. The van der Waals surface area contributed by atoms with Crippen LogP contribution in [0.1, 0.15) is 39.0 Å². The average molecular weight is 393 g/mol. The molecule has 4 atom stereocenters. The molecule has 2 aliphatic rings. The van der Waals surface area contributed by atoms with Crippen molar-refractivity contribution in [2.75, 3.05) is 12.4 Å². The molecule has 3 rings (SSSR count). The van der Waals surface area contributed by atoms with Crippen molar-refractivity contribution in [1.82, 2.24) is 0 Å². The van der Waals surface area contributed by atoms with Crippen LogP contribution >= 0.6 is 0 Å². The molecule has 0 saturated carbocycles. The van der Waals surface area contributed by atoms with Gasteiger partial charge in [-0.15, -0.1) is 5.73 Å². The van der Waals surface area contributed by atoms with Crippen LogP contribution in [0.5, 0.6) is 0 Å². The van der Waals surface area contributed by atoms with Crippen LogP contribution in [0.3, 0.4) is 0 Å². The number of hydrogen-bond acceptors (Lipinski definition) is 5. The van der Waals surface area contributed by atoms with Gasteiger partial charge in [-0.25, -0.2) is 8.42 Å². The maximum atomic E-state index is 12.5. The van der Waals surface area contributed by atoms with E-state index in [1.807, 2.05) is 6.92 Å². The summed E-state index contributed by atoms with van der Waals surface area (Å²) in [7, 11) is -3.34. The Labute approximate surface area is 161 Å². The number of aliphatic hydroxyl groups is 1. The van der Waals surface area contributed by atoms with Gasteiger partial charge in [-0.2, -0.15) is 0 Å². The van der Waals surface area contributed by atoms with Crippen LogP contribution < -0.4 is 0 Å². The third-order valence-corrected chi connectivity index (χ3v) is 7.35. The van der Waals surface area contributed by atoms with Gasteiger partial charge in [0.2, 0.25) is 0 Å². The van der Waals surface area contributed by atoms with Gasteiger partial charge >= 0.3 is 0 Å². The number of hydrogen-bond donors (Lipinski definition) is 1. The fraction of sp³-hybridized carbons (Fsp3) is 0.571. The topological polar surface area (TPSA) is 72.8 Å². The Bertz CT molecular complexity index is 797. The highest BCUT2D eigenvalue weighted by atomic mass is 32.2. The SMILES string of the molecule is C=C=C(C)C[C@H]1CCC2OC(CCS(=O)(=O)c3ccccc3)C[C@]2(CO)O1. The standard InChI is InChI=1S/C21H28O5S/c1-3-16(2)13-17-9-10-20-21(15-22,26-17)14-18(25-20)11-12-27(23,24)19-7-5-4-6-8-19/h4-8,17-18,20,22H,1,9-15H2,2H3/t17-,18?,20?,21-/m1/s1. The van der Waals surface area contributed by atoms with Gasteiger partial charge in [0.15, 0.2) is 9.84 Å². The van der Waals surface area contributed by atoms with Gasteiger partial charge < -0.3 is 14.6 Å². The number of ether oxygens (including phenoxy) is 2. The van der Waals surface area contributed by atoms with Crippen molar-refractivity contribution in [2.24, 2.45) is 0 Å². The van der Waals surface area contributed by atoms with Crippen LogP contribution in [-0.2, 0) is 19.3 Å². The third kappa shape index (κ3) is 4.53. The molecule has 0 amide bonds. The lowest BCUT2D eigenvalue weighted by Gasteiger charge is -2.41. The molecule has 1 aromatic rings. The minimum Gasteiger partial charge on any atom is -0.393 e. The Morgan fingerprint density at radius 1 is 1.30 bits per heavy atom. The molecule has 0 radical (unpaired) electrons. The molecule has 2 heterocycles. The maximum Gasteiger partial charge on any atom is 0.178 e. The lowest BCUT2D eigenvalue weighted by molar-refractivity contribution is -0.181. The normalized spacial score (nSPS) is 30.5. The number of aliphatic hydroxyl groups excluding tert-OH is 1. The first-order valence-corrected chi connectivity index (χ1v) is 11.1. The van der Waals surface area contributed by atoms with Crippen molar-refractivity contribution in [3.05, 3.63) is 48.2 Å². The minimum absolute atomic E-state index is 0.0121. The third-order valence-electron chi connectivity index (χ3n) is 5.58. The summed E-state index contributed by atoms with van der Waals surface area (Å²) < 4.78 is 37.4. The largest absolute Gasteiger partial charge is 0.393 e. The highest BCUT2D eigenvalue weighted by Crippen LogP contribution is 2.43. The average Bonchev–Trinajstić information content (AvgIpc) is 3.05. The van der Waals surface area contributed by atoms with E-state index < -0.39 is 15.4 Å². The van der Waals surface area contributed by atoms with E-state index in [1.54, 1.807) is 30.3 Å². The number of benzene rings is 1. The van der Waals surface area contributed by atoms with Crippen LogP contribution in [0.15, 0.2) is 53.1 Å². The molecule has 1 aromatic carbocycles. The van der Waals surface area contributed by atoms with Gasteiger partial charge in [-0.3, -0.25) is 0 Å². The summed E-state index contributed by atoms with van der Waals surface area (Å²) in [6, 6.07) is 8.47. The highest BCUT2D eigenvalue weighted by Gasteiger charge is 2.52. The van der Waals surface area contributed by atoms with Crippen molar-refractivity contribution < 1.29 is 23.0 Å². The molecule has 148 valence electrons. The van der Waals surface area contributed by atoms with E-state index in [0.717, 1.165) is 24.8 Å². The zero-order valence-electron chi connectivity index (χ0n) is 15.8. The summed E-state index contributed by atoms with van der Waals surface area (Å²) in [6.07, 6.45) is 2.91. The van der Waals surface area contributed by atoms with E-state index in [9.17, 15) is 13.5 Å². The summed E-state index contributed by atoms with van der Waals surface area (Å²) in [5.74, 6) is 0.0254. The Morgan fingerprint density at radius 2 is 2.04 bits per heavy atom. The molecule has 0 bridgehead atoms. The van der Waals surface area contributed by atoms with Crippen LogP contribution in [-0.4, -0.2) is 49.8 Å². The maximum absolute atomic E-state index is 12.5. The second-order valence-electron chi connectivity index (χ2n) is 7.57. The van der Waals surface area contributed by atoms with Crippen molar-refractivity contribution in [3.63, 3.8) is 0 Å². The molecule has 1 N–H and O–H groups in total. The quantitative estimate of drug-likeness (QED) is 0.722. The zero-order chi connectivity index (χ0) is 19.5. The van der Waals surface area contributed by atoms with Gasteiger partial charge in [0.1, 0.15) is 5.60 Å². The first-order valence-electron chi connectivity index (χ1n) is 9.46. The van der Waals surface area contributed by atoms with E-state index in [4.69, 9.17) is 9.47 Å². The van der Waals surface area contributed by atoms with Gasteiger partial charge in [-0.05, 0) is 43.9 Å². The van der Waals surface area contributed by atoms with Crippen molar-refractivity contribution >= 4 is 9.84 Å². The summed E-state index contributed by atoms with van der Waals surface area (Å²) in [5, 5.41) is 10.0. The van der Waals surface area contributed by atoms with Crippen LogP contribution in [0.4, 0.5) is 0 Å². The number of rotatable bonds is 7. The molecule has 2 saturated heterocycles. The Hall–Kier alpha value is -1.43. The van der Waals surface area contributed by atoms with Crippen LogP contribution in [0.2, 0.25) is 0 Å². The highest BCUT2D eigenvalue weighted by molar-refractivity contribution is 7.91. The van der Waals surface area contributed by atoms with Gasteiger partial charge in [0, 0.05) is 12.8 Å². The molecule has 0 aromatic heterocycles. The van der Waals surface area contributed by atoms with Gasteiger partial charge in [-0.1, -0.05) is 24.8 Å². The first kappa shape index (κ1) is 20.3. The van der Waals surface area contributed by atoms with Crippen molar-refractivity contribution in [1.29, 1.82) is 0 Å². The van der Waals surface area contributed by atoms with E-state index in [-0.39, 0.29) is 30.7 Å². The molecule has 2 unspecified atom stereocenters. The first-order chi connectivity index (χ1) is 12.9. The molecule has 0 aliphatic carbocycles. The summed E-state index contributed by atoms with van der Waals surface area (Å²) >= 11 is 0. The van der Waals surface area contributed by atoms with Gasteiger partial charge in [0.05, 0.1) is 35.6 Å². The fourth-order valence-electron chi connectivity index (χ4n) is 4.07. The molecule has 6 heteroatoms. The van der Waals surface area contributed by atoms with Gasteiger partial charge in [0.25, 0.3) is 0 Å². The molecule has 2 aliphatic heterocycles. The predicted octanol–water partition coefficient (Wildman–Crippen LogP) is 3.04. The number of fused-ring (bicyclic) bond motifs is 1.